The number of aryl methyl sites for hydroxylation is 3. The summed E-state index contributed by atoms with van der Waals surface area (Å²) in [5.41, 5.74) is 7.56. The van der Waals surface area contributed by atoms with Crippen LogP contribution in [0.15, 0.2) is 6.07 Å². The van der Waals surface area contributed by atoms with Crippen LogP contribution in [-0.4, -0.2) is 29.9 Å². The molecule has 2 aliphatic rings. The number of nitrogens with zero attached hydrogens (tertiary/aromatic N) is 1. The maximum absolute atomic E-state index is 12.4. The number of carbonyl (C=O) groups excluding carboxylic acids is 1. The van der Waals surface area contributed by atoms with Gasteiger partial charge in [0.05, 0.1) is 0 Å². The molecule has 2 heterocycles. The van der Waals surface area contributed by atoms with Gasteiger partial charge in [-0.2, -0.15) is 0 Å². The van der Waals surface area contributed by atoms with Crippen LogP contribution in [0.2, 0.25) is 0 Å². The van der Waals surface area contributed by atoms with Crippen LogP contribution in [0.25, 0.3) is 0 Å². The van der Waals surface area contributed by atoms with Crippen molar-refractivity contribution in [2.75, 3.05) is 13.1 Å². The van der Waals surface area contributed by atoms with Crippen LogP contribution in [0.3, 0.4) is 0 Å². The first kappa shape index (κ1) is 17.8. The van der Waals surface area contributed by atoms with E-state index in [2.05, 4.69) is 24.8 Å². The minimum Gasteiger partial charge on any atom is -0.342 e. The Kier molecular flexibility index (Phi) is 5.92. The van der Waals surface area contributed by atoms with E-state index in [1.807, 2.05) is 11.3 Å². The molecule has 3 nitrogen and oxygen atoms in total. The van der Waals surface area contributed by atoms with E-state index in [0.717, 1.165) is 32.4 Å². The summed E-state index contributed by atoms with van der Waals surface area (Å²) in [4.78, 5) is 17.2. The molecule has 3 rings (SSSR count). The van der Waals surface area contributed by atoms with E-state index in [1.54, 1.807) is 0 Å². The maximum atomic E-state index is 12.4. The predicted molar refractivity (Wildman–Crippen MR) is 94.7 cm³/mol. The molecule has 2 fully saturated rings. The summed E-state index contributed by atoms with van der Waals surface area (Å²) >= 11 is 1.86. The number of amides is 1. The number of rotatable bonds is 4. The van der Waals surface area contributed by atoms with Crippen LogP contribution in [0, 0.1) is 25.7 Å². The average molecular weight is 343 g/mol. The standard InChI is InChI=1S/C17H26N2OS.ClH/c1-11-8-13(12(2)21-11)4-3-5-17(20)19-9-14-6-7-16(18)15(14)10-19;/h8,14-16H,3-7,9-10,18H2,1-2H3;1H. The summed E-state index contributed by atoms with van der Waals surface area (Å²) in [6.07, 6.45) is 5.04. The van der Waals surface area contributed by atoms with Gasteiger partial charge in [0.25, 0.3) is 0 Å². The van der Waals surface area contributed by atoms with Crippen LogP contribution in [0.5, 0.6) is 0 Å². The number of fused-ring (bicyclic) bond motifs is 1. The first-order chi connectivity index (χ1) is 10.0. The average Bonchev–Trinajstić information content (AvgIpc) is 3.08. The molecule has 3 atom stereocenters. The number of thiophene rings is 1. The highest BCUT2D eigenvalue weighted by molar-refractivity contribution is 7.12. The molecule has 1 aromatic heterocycles. The summed E-state index contributed by atoms with van der Waals surface area (Å²) in [6.45, 7) is 6.19. The van der Waals surface area contributed by atoms with Gasteiger partial charge < -0.3 is 10.6 Å². The maximum Gasteiger partial charge on any atom is 0.222 e. The lowest BCUT2D eigenvalue weighted by molar-refractivity contribution is -0.130. The molecule has 1 saturated heterocycles. The third-order valence-corrected chi connectivity index (χ3v) is 6.25. The van der Waals surface area contributed by atoms with Crippen molar-refractivity contribution in [1.82, 2.24) is 4.90 Å². The number of carbonyl (C=O) groups is 1. The van der Waals surface area contributed by atoms with Crippen LogP contribution in [-0.2, 0) is 11.2 Å². The van der Waals surface area contributed by atoms with Crippen molar-refractivity contribution in [3.05, 3.63) is 21.4 Å². The first-order valence-electron chi connectivity index (χ1n) is 8.14. The largest absolute Gasteiger partial charge is 0.342 e. The third-order valence-electron chi connectivity index (χ3n) is 5.25. The first-order valence-corrected chi connectivity index (χ1v) is 8.95. The predicted octanol–water partition coefficient (Wildman–Crippen LogP) is 3.31. The molecule has 0 aromatic carbocycles. The molecule has 0 spiro atoms. The van der Waals surface area contributed by atoms with E-state index in [0.29, 0.717) is 30.2 Å². The molecule has 0 bridgehead atoms. The molecule has 1 aromatic rings. The summed E-state index contributed by atoms with van der Waals surface area (Å²) in [5.74, 6) is 1.57. The highest BCUT2D eigenvalue weighted by Gasteiger charge is 2.42. The van der Waals surface area contributed by atoms with E-state index in [1.165, 1.54) is 21.7 Å². The Bertz CT molecular complexity index is 531. The van der Waals surface area contributed by atoms with Gasteiger partial charge in [0.2, 0.25) is 5.91 Å². The van der Waals surface area contributed by atoms with Crippen LogP contribution in [0.1, 0.15) is 41.0 Å². The number of hydrogen-bond donors (Lipinski definition) is 1. The molecule has 124 valence electrons. The monoisotopic (exact) mass is 342 g/mol. The zero-order valence-corrected chi connectivity index (χ0v) is 15.1. The van der Waals surface area contributed by atoms with Gasteiger partial charge in [0.1, 0.15) is 0 Å². The van der Waals surface area contributed by atoms with Crippen molar-refractivity contribution in [2.45, 2.75) is 52.0 Å². The second-order valence-corrected chi connectivity index (χ2v) is 8.22. The topological polar surface area (TPSA) is 46.3 Å². The van der Waals surface area contributed by atoms with Gasteiger partial charge in [0, 0.05) is 35.3 Å². The number of likely N-dealkylation sites (tertiary alicyclic amines) is 1. The Labute approximate surface area is 143 Å². The molecular formula is C17H27ClN2OS. The highest BCUT2D eigenvalue weighted by Crippen LogP contribution is 2.37. The van der Waals surface area contributed by atoms with Gasteiger partial charge in [-0.3, -0.25) is 4.79 Å². The lowest BCUT2D eigenvalue weighted by Crippen LogP contribution is -2.33. The summed E-state index contributed by atoms with van der Waals surface area (Å²) < 4.78 is 0. The molecule has 22 heavy (non-hydrogen) atoms. The van der Waals surface area contributed by atoms with Crippen molar-refractivity contribution in [3.63, 3.8) is 0 Å². The second kappa shape index (κ2) is 7.33. The lowest BCUT2D eigenvalue weighted by Gasteiger charge is -2.18. The van der Waals surface area contributed by atoms with Gasteiger partial charge in [-0.1, -0.05) is 0 Å². The van der Waals surface area contributed by atoms with Gasteiger partial charge in [-0.05, 0) is 63.0 Å². The fraction of sp³-hybridized carbons (Fsp3) is 0.706. The minimum atomic E-state index is 0. The van der Waals surface area contributed by atoms with Crippen LogP contribution < -0.4 is 5.73 Å². The Balaban J connectivity index is 0.00000176. The normalized spacial score (nSPS) is 26.9. The van der Waals surface area contributed by atoms with E-state index in [9.17, 15) is 4.79 Å². The molecule has 3 unspecified atom stereocenters. The number of hydrogen-bond acceptors (Lipinski definition) is 3. The van der Waals surface area contributed by atoms with Crippen molar-refractivity contribution in [1.29, 1.82) is 0 Å². The zero-order valence-electron chi connectivity index (χ0n) is 13.5. The van der Waals surface area contributed by atoms with E-state index < -0.39 is 0 Å². The van der Waals surface area contributed by atoms with Gasteiger partial charge >= 0.3 is 0 Å². The van der Waals surface area contributed by atoms with Gasteiger partial charge in [-0.15, -0.1) is 23.7 Å². The fourth-order valence-corrected chi connectivity index (χ4v) is 5.01. The van der Waals surface area contributed by atoms with Crippen LogP contribution in [0.4, 0.5) is 0 Å². The molecular weight excluding hydrogens is 316 g/mol. The second-order valence-electron chi connectivity index (χ2n) is 6.76. The Hall–Kier alpha value is -0.580. The Morgan fingerprint density at radius 2 is 2.14 bits per heavy atom. The molecule has 1 aliphatic carbocycles. The summed E-state index contributed by atoms with van der Waals surface area (Å²) in [5, 5.41) is 0. The number of nitrogens with two attached hydrogens (primary N) is 1. The molecule has 1 amide bonds. The summed E-state index contributed by atoms with van der Waals surface area (Å²) in [7, 11) is 0. The molecule has 2 N–H and O–H groups in total. The minimum absolute atomic E-state index is 0. The molecule has 1 saturated carbocycles. The SMILES string of the molecule is Cc1cc(CCCC(=O)N2CC3CCC(N)C3C2)c(C)s1.Cl. The van der Waals surface area contributed by atoms with Crippen molar-refractivity contribution in [2.24, 2.45) is 17.6 Å². The lowest BCUT2D eigenvalue weighted by atomic mass is 9.98. The smallest absolute Gasteiger partial charge is 0.222 e. The van der Waals surface area contributed by atoms with Crippen LogP contribution >= 0.6 is 23.7 Å². The zero-order chi connectivity index (χ0) is 15.0. The molecule has 5 heteroatoms. The van der Waals surface area contributed by atoms with Crippen molar-refractivity contribution >= 4 is 29.7 Å². The van der Waals surface area contributed by atoms with Crippen molar-refractivity contribution in [3.8, 4) is 0 Å². The Morgan fingerprint density at radius 3 is 2.77 bits per heavy atom. The van der Waals surface area contributed by atoms with E-state index in [-0.39, 0.29) is 12.4 Å². The molecule has 1 aliphatic heterocycles. The number of halogens is 1. The fourth-order valence-electron chi connectivity index (χ4n) is 4.03. The van der Waals surface area contributed by atoms with E-state index >= 15 is 0 Å². The molecule has 0 radical (unpaired) electrons. The highest BCUT2D eigenvalue weighted by atomic mass is 35.5. The quantitative estimate of drug-likeness (QED) is 0.912. The van der Waals surface area contributed by atoms with Gasteiger partial charge in [0.15, 0.2) is 0 Å². The third kappa shape index (κ3) is 3.66. The van der Waals surface area contributed by atoms with Crippen molar-refractivity contribution < 1.29 is 4.79 Å². The summed E-state index contributed by atoms with van der Waals surface area (Å²) in [6, 6.07) is 2.59. The Morgan fingerprint density at radius 1 is 1.36 bits per heavy atom. The van der Waals surface area contributed by atoms with E-state index in [4.69, 9.17) is 5.73 Å². The van der Waals surface area contributed by atoms with Gasteiger partial charge in [-0.25, -0.2) is 0 Å².